The molecule has 6 nitrogen and oxygen atoms in total. The highest BCUT2D eigenvalue weighted by atomic mass is 16.1. The number of nitrogens with two attached hydrogens (primary N) is 1. The number of ketones is 1. The van der Waals surface area contributed by atoms with Crippen LogP contribution < -0.4 is 5.73 Å². The van der Waals surface area contributed by atoms with Gasteiger partial charge in [-0.15, -0.1) is 0 Å². The van der Waals surface area contributed by atoms with E-state index in [1.54, 1.807) is 12.1 Å². The molecule has 86 valence electrons. The molecule has 0 spiro atoms. The van der Waals surface area contributed by atoms with Crippen LogP contribution in [0.3, 0.4) is 0 Å². The highest BCUT2D eigenvalue weighted by molar-refractivity contribution is 5.93. The van der Waals surface area contributed by atoms with Crippen LogP contribution in [0, 0.1) is 0 Å². The molecule has 0 unspecified atom stereocenters. The van der Waals surface area contributed by atoms with Crippen LogP contribution in [0.25, 0.3) is 5.82 Å². The van der Waals surface area contributed by atoms with Gasteiger partial charge in [-0.25, -0.2) is 9.67 Å². The monoisotopic (exact) mass is 230 g/mol. The van der Waals surface area contributed by atoms with Crippen molar-refractivity contribution in [2.45, 2.75) is 6.92 Å². The largest absolute Gasteiger partial charge is 0.366 e. The van der Waals surface area contributed by atoms with Gasteiger partial charge < -0.3 is 5.73 Å². The molecule has 0 saturated heterocycles. The van der Waals surface area contributed by atoms with Crippen molar-refractivity contribution < 1.29 is 9.59 Å². The van der Waals surface area contributed by atoms with E-state index in [4.69, 9.17) is 5.73 Å². The van der Waals surface area contributed by atoms with Gasteiger partial charge in [-0.2, -0.15) is 5.10 Å². The van der Waals surface area contributed by atoms with Gasteiger partial charge in [-0.3, -0.25) is 9.59 Å². The molecule has 2 rings (SSSR count). The molecule has 17 heavy (non-hydrogen) atoms. The molecule has 1 amide bonds. The number of hydrogen-bond acceptors (Lipinski definition) is 4. The van der Waals surface area contributed by atoms with E-state index in [1.807, 2.05) is 0 Å². The van der Waals surface area contributed by atoms with Crippen LogP contribution in [-0.2, 0) is 0 Å². The number of pyridine rings is 1. The Morgan fingerprint density at radius 3 is 2.47 bits per heavy atom. The minimum atomic E-state index is -0.545. The zero-order chi connectivity index (χ0) is 12.4. The maximum Gasteiger partial charge on any atom is 0.251 e. The smallest absolute Gasteiger partial charge is 0.251 e. The van der Waals surface area contributed by atoms with Crippen molar-refractivity contribution >= 4 is 11.7 Å². The molecule has 0 atom stereocenters. The number of hydrogen-bond donors (Lipinski definition) is 1. The van der Waals surface area contributed by atoms with Crippen LogP contribution in [0.15, 0.2) is 30.7 Å². The molecule has 2 heterocycles. The number of Topliss-reactive ketones (excluding diaryl/α,β-unsaturated/α-hetero) is 1. The van der Waals surface area contributed by atoms with Gasteiger partial charge in [0.15, 0.2) is 11.6 Å². The van der Waals surface area contributed by atoms with E-state index in [0.29, 0.717) is 16.9 Å². The molecular formula is C11H10N4O2. The fraction of sp³-hybridized carbons (Fsp3) is 0.0909. The summed E-state index contributed by atoms with van der Waals surface area (Å²) in [5.41, 5.74) is 5.94. The summed E-state index contributed by atoms with van der Waals surface area (Å²) in [5.74, 6) is -0.0820. The van der Waals surface area contributed by atoms with Crippen LogP contribution in [0.1, 0.15) is 27.6 Å². The Bertz CT molecular complexity index is 571. The summed E-state index contributed by atoms with van der Waals surface area (Å²) in [6.07, 6.45) is 4.31. The van der Waals surface area contributed by atoms with Crippen molar-refractivity contribution in [3.05, 3.63) is 41.9 Å². The average molecular weight is 230 g/mol. The van der Waals surface area contributed by atoms with Gasteiger partial charge in [0.05, 0.1) is 11.8 Å². The molecule has 0 aliphatic rings. The SMILES string of the molecule is CC(=O)c1ccc(-n2cc(C(N)=O)cn2)nc1. The van der Waals surface area contributed by atoms with E-state index >= 15 is 0 Å². The van der Waals surface area contributed by atoms with Crippen LogP contribution in [0.5, 0.6) is 0 Å². The molecule has 0 saturated carbocycles. The van der Waals surface area contributed by atoms with Crippen LogP contribution in [-0.4, -0.2) is 26.5 Å². The first-order valence-corrected chi connectivity index (χ1v) is 4.90. The Morgan fingerprint density at radius 2 is 2.00 bits per heavy atom. The van der Waals surface area contributed by atoms with Gasteiger partial charge >= 0.3 is 0 Å². The van der Waals surface area contributed by atoms with Gasteiger partial charge in [0, 0.05) is 18.0 Å². The topological polar surface area (TPSA) is 90.9 Å². The molecule has 0 radical (unpaired) electrons. The summed E-state index contributed by atoms with van der Waals surface area (Å²) in [6, 6.07) is 3.30. The third kappa shape index (κ3) is 2.20. The van der Waals surface area contributed by atoms with E-state index in [1.165, 1.54) is 30.2 Å². The molecule has 0 aromatic carbocycles. The first kappa shape index (κ1) is 11.0. The average Bonchev–Trinajstić information content (AvgIpc) is 2.78. The lowest BCUT2D eigenvalue weighted by atomic mass is 10.2. The molecule has 0 aliphatic carbocycles. The van der Waals surface area contributed by atoms with E-state index in [9.17, 15) is 9.59 Å². The fourth-order valence-corrected chi connectivity index (χ4v) is 1.31. The molecular weight excluding hydrogens is 220 g/mol. The number of aromatic nitrogens is 3. The second-order valence-corrected chi connectivity index (χ2v) is 3.50. The van der Waals surface area contributed by atoms with Crippen molar-refractivity contribution in [1.29, 1.82) is 0 Å². The van der Waals surface area contributed by atoms with E-state index in [-0.39, 0.29) is 5.78 Å². The summed E-state index contributed by atoms with van der Waals surface area (Å²) < 4.78 is 1.42. The molecule has 2 N–H and O–H groups in total. The summed E-state index contributed by atoms with van der Waals surface area (Å²) in [6.45, 7) is 1.47. The van der Waals surface area contributed by atoms with Gasteiger partial charge in [0.25, 0.3) is 5.91 Å². The normalized spacial score (nSPS) is 10.2. The molecule has 2 aromatic rings. The minimum absolute atomic E-state index is 0.0534. The number of primary amides is 1. The predicted molar refractivity (Wildman–Crippen MR) is 59.9 cm³/mol. The lowest BCUT2D eigenvalue weighted by Gasteiger charge is -2.00. The number of carbonyl (C=O) groups is 2. The number of rotatable bonds is 3. The number of amides is 1. The van der Waals surface area contributed by atoms with E-state index in [0.717, 1.165) is 0 Å². The van der Waals surface area contributed by atoms with Crippen molar-refractivity contribution in [2.24, 2.45) is 5.73 Å². The maximum absolute atomic E-state index is 11.1. The van der Waals surface area contributed by atoms with Crippen molar-refractivity contribution in [2.75, 3.05) is 0 Å². The zero-order valence-electron chi connectivity index (χ0n) is 9.12. The van der Waals surface area contributed by atoms with Crippen LogP contribution in [0.2, 0.25) is 0 Å². The molecule has 2 aromatic heterocycles. The van der Waals surface area contributed by atoms with Crippen molar-refractivity contribution in [3.63, 3.8) is 0 Å². The minimum Gasteiger partial charge on any atom is -0.366 e. The second kappa shape index (κ2) is 4.17. The van der Waals surface area contributed by atoms with Gasteiger partial charge in [0.1, 0.15) is 0 Å². The highest BCUT2D eigenvalue weighted by Crippen LogP contribution is 2.07. The quantitative estimate of drug-likeness (QED) is 0.780. The van der Waals surface area contributed by atoms with E-state index in [2.05, 4.69) is 10.1 Å². The third-order valence-corrected chi connectivity index (χ3v) is 2.26. The number of carbonyl (C=O) groups excluding carboxylic acids is 2. The Kier molecular flexibility index (Phi) is 2.70. The fourth-order valence-electron chi connectivity index (χ4n) is 1.31. The summed E-state index contributed by atoms with van der Waals surface area (Å²) in [4.78, 5) is 26.0. The molecule has 0 bridgehead atoms. The third-order valence-electron chi connectivity index (χ3n) is 2.26. The van der Waals surface area contributed by atoms with Crippen LogP contribution >= 0.6 is 0 Å². The molecule has 0 aliphatic heterocycles. The summed E-state index contributed by atoms with van der Waals surface area (Å²) >= 11 is 0. The molecule has 0 fully saturated rings. The Balaban J connectivity index is 2.33. The van der Waals surface area contributed by atoms with Crippen molar-refractivity contribution in [3.8, 4) is 5.82 Å². The Labute approximate surface area is 97.1 Å². The van der Waals surface area contributed by atoms with Gasteiger partial charge in [-0.1, -0.05) is 0 Å². The summed E-state index contributed by atoms with van der Waals surface area (Å²) in [7, 11) is 0. The van der Waals surface area contributed by atoms with Gasteiger partial charge in [-0.05, 0) is 19.1 Å². The molecule has 6 heteroatoms. The Morgan fingerprint density at radius 1 is 1.24 bits per heavy atom. The first-order chi connectivity index (χ1) is 8.08. The standard InChI is InChI=1S/C11H10N4O2/c1-7(16)8-2-3-10(13-4-8)15-6-9(5-14-15)11(12)17/h2-6H,1H3,(H2,12,17). The van der Waals surface area contributed by atoms with Gasteiger partial charge in [0.2, 0.25) is 0 Å². The first-order valence-electron chi connectivity index (χ1n) is 4.90. The number of nitrogens with zero attached hydrogens (tertiary/aromatic N) is 3. The Hall–Kier alpha value is -2.50. The highest BCUT2D eigenvalue weighted by Gasteiger charge is 2.06. The predicted octanol–water partition coefficient (Wildman–Crippen LogP) is 0.569. The summed E-state index contributed by atoms with van der Waals surface area (Å²) in [5, 5.41) is 3.95. The van der Waals surface area contributed by atoms with Crippen LogP contribution in [0.4, 0.5) is 0 Å². The zero-order valence-corrected chi connectivity index (χ0v) is 9.12. The van der Waals surface area contributed by atoms with Crippen molar-refractivity contribution in [1.82, 2.24) is 14.8 Å². The lowest BCUT2D eigenvalue weighted by Crippen LogP contribution is -2.09. The second-order valence-electron chi connectivity index (χ2n) is 3.50. The maximum atomic E-state index is 11.1. The lowest BCUT2D eigenvalue weighted by molar-refractivity contribution is 0.0996. The van der Waals surface area contributed by atoms with E-state index < -0.39 is 5.91 Å².